The number of carbonyl (C=O) groups excluding carboxylic acids is 1. The van der Waals surface area contributed by atoms with E-state index in [4.69, 9.17) is 0 Å². The maximum absolute atomic E-state index is 12.1. The number of hydrogen-bond acceptors (Lipinski definition) is 3. The average Bonchev–Trinajstić information content (AvgIpc) is 2.76. The number of rotatable bonds is 3. The first-order valence-corrected chi connectivity index (χ1v) is 6.83. The first-order valence-electron chi connectivity index (χ1n) is 6.83. The number of likely N-dealkylation sites (N-methyl/N-ethyl adjacent to an activating group) is 1. The molecule has 2 fully saturated rings. The van der Waals surface area contributed by atoms with Crippen LogP contribution >= 0.6 is 12.4 Å². The number of β-amino-alcohol motifs (C(OH)–C–C–N with tert-alkyl or cyclic N) is 1. The SMILES string of the molecule is CN(CC1CCCCC1)C(=O)C1CC(O)CN1.Cl. The zero-order valence-corrected chi connectivity index (χ0v) is 11.9. The third-order valence-electron chi connectivity index (χ3n) is 4.04. The largest absolute Gasteiger partial charge is 0.392 e. The van der Waals surface area contributed by atoms with Gasteiger partial charge < -0.3 is 15.3 Å². The number of nitrogens with zero attached hydrogens (tertiary/aromatic N) is 1. The Balaban J connectivity index is 0.00000162. The molecular formula is C13H25ClN2O2. The number of amides is 1. The Bertz CT molecular complexity index is 270. The van der Waals surface area contributed by atoms with Gasteiger partial charge in [-0.3, -0.25) is 4.79 Å². The molecule has 5 heteroatoms. The summed E-state index contributed by atoms with van der Waals surface area (Å²) in [6.07, 6.45) is 6.71. The van der Waals surface area contributed by atoms with Crippen LogP contribution < -0.4 is 5.32 Å². The summed E-state index contributed by atoms with van der Waals surface area (Å²) in [6.45, 7) is 1.43. The van der Waals surface area contributed by atoms with E-state index >= 15 is 0 Å². The minimum absolute atomic E-state index is 0. The van der Waals surface area contributed by atoms with Gasteiger partial charge in [-0.2, -0.15) is 0 Å². The Morgan fingerprint density at radius 1 is 1.33 bits per heavy atom. The van der Waals surface area contributed by atoms with Crippen molar-refractivity contribution >= 4 is 18.3 Å². The van der Waals surface area contributed by atoms with Gasteiger partial charge in [-0.05, 0) is 25.2 Å². The van der Waals surface area contributed by atoms with Crippen molar-refractivity contribution < 1.29 is 9.90 Å². The molecule has 4 nitrogen and oxygen atoms in total. The minimum Gasteiger partial charge on any atom is -0.392 e. The molecule has 1 aliphatic carbocycles. The zero-order chi connectivity index (χ0) is 12.3. The summed E-state index contributed by atoms with van der Waals surface area (Å²) in [5, 5.41) is 12.5. The van der Waals surface area contributed by atoms with Crippen LogP contribution in [0, 0.1) is 5.92 Å². The third kappa shape index (κ3) is 4.11. The molecule has 0 aromatic carbocycles. The van der Waals surface area contributed by atoms with Crippen molar-refractivity contribution in [2.45, 2.75) is 50.7 Å². The average molecular weight is 277 g/mol. The molecule has 2 rings (SSSR count). The fourth-order valence-electron chi connectivity index (χ4n) is 3.02. The van der Waals surface area contributed by atoms with Crippen LogP contribution in [0.15, 0.2) is 0 Å². The second kappa shape index (κ2) is 7.31. The van der Waals surface area contributed by atoms with Crippen LogP contribution in [0.4, 0.5) is 0 Å². The molecule has 2 N–H and O–H groups in total. The van der Waals surface area contributed by atoms with E-state index in [1.807, 2.05) is 11.9 Å². The zero-order valence-electron chi connectivity index (χ0n) is 11.1. The molecule has 0 aromatic heterocycles. The van der Waals surface area contributed by atoms with Gasteiger partial charge in [-0.15, -0.1) is 12.4 Å². The van der Waals surface area contributed by atoms with Crippen molar-refractivity contribution in [2.75, 3.05) is 20.1 Å². The van der Waals surface area contributed by atoms with Gasteiger partial charge in [0.2, 0.25) is 5.91 Å². The second-order valence-electron chi connectivity index (χ2n) is 5.57. The Morgan fingerprint density at radius 3 is 2.56 bits per heavy atom. The highest BCUT2D eigenvalue weighted by molar-refractivity contribution is 5.85. The standard InChI is InChI=1S/C13H24N2O2.ClH/c1-15(9-10-5-3-2-4-6-10)13(17)12-7-11(16)8-14-12;/h10-12,14,16H,2-9H2,1H3;1H. The second-order valence-corrected chi connectivity index (χ2v) is 5.57. The van der Waals surface area contributed by atoms with E-state index in [0.29, 0.717) is 18.9 Å². The highest BCUT2D eigenvalue weighted by Crippen LogP contribution is 2.24. The lowest BCUT2D eigenvalue weighted by Gasteiger charge is -2.28. The van der Waals surface area contributed by atoms with Crippen molar-refractivity contribution in [2.24, 2.45) is 5.92 Å². The van der Waals surface area contributed by atoms with Crippen LogP contribution in [0.25, 0.3) is 0 Å². The van der Waals surface area contributed by atoms with Gasteiger partial charge >= 0.3 is 0 Å². The fraction of sp³-hybridized carbons (Fsp3) is 0.923. The molecule has 0 spiro atoms. The maximum atomic E-state index is 12.1. The molecule has 18 heavy (non-hydrogen) atoms. The van der Waals surface area contributed by atoms with E-state index in [1.54, 1.807) is 0 Å². The van der Waals surface area contributed by atoms with Gasteiger partial charge in [0.25, 0.3) is 0 Å². The monoisotopic (exact) mass is 276 g/mol. The smallest absolute Gasteiger partial charge is 0.239 e. The van der Waals surface area contributed by atoms with E-state index in [-0.39, 0.29) is 30.5 Å². The van der Waals surface area contributed by atoms with E-state index in [2.05, 4.69) is 5.32 Å². The van der Waals surface area contributed by atoms with Crippen LogP contribution in [0.2, 0.25) is 0 Å². The van der Waals surface area contributed by atoms with Crippen molar-refractivity contribution in [1.82, 2.24) is 10.2 Å². The fourth-order valence-corrected chi connectivity index (χ4v) is 3.02. The molecule has 0 radical (unpaired) electrons. The highest BCUT2D eigenvalue weighted by atomic mass is 35.5. The first kappa shape index (κ1) is 15.7. The number of aliphatic hydroxyl groups excluding tert-OH is 1. The quantitative estimate of drug-likeness (QED) is 0.814. The topological polar surface area (TPSA) is 52.6 Å². The van der Waals surface area contributed by atoms with E-state index < -0.39 is 0 Å². The molecule has 1 aliphatic heterocycles. The van der Waals surface area contributed by atoms with Crippen LogP contribution in [-0.4, -0.2) is 48.2 Å². The number of aliphatic hydroxyl groups is 1. The van der Waals surface area contributed by atoms with Crippen LogP contribution in [-0.2, 0) is 4.79 Å². The molecule has 1 heterocycles. The van der Waals surface area contributed by atoms with Crippen LogP contribution in [0.1, 0.15) is 38.5 Å². The summed E-state index contributed by atoms with van der Waals surface area (Å²) in [6, 6.07) is -0.168. The minimum atomic E-state index is -0.355. The Kier molecular flexibility index (Phi) is 6.39. The highest BCUT2D eigenvalue weighted by Gasteiger charge is 2.30. The third-order valence-corrected chi connectivity index (χ3v) is 4.04. The van der Waals surface area contributed by atoms with Crippen LogP contribution in [0.3, 0.4) is 0 Å². The first-order chi connectivity index (χ1) is 8.16. The summed E-state index contributed by atoms with van der Waals surface area (Å²) < 4.78 is 0. The van der Waals surface area contributed by atoms with Gasteiger partial charge in [0.15, 0.2) is 0 Å². The maximum Gasteiger partial charge on any atom is 0.239 e. The summed E-state index contributed by atoms with van der Waals surface area (Å²) in [7, 11) is 1.89. The van der Waals surface area contributed by atoms with Gasteiger partial charge in [-0.1, -0.05) is 19.3 Å². The number of nitrogens with one attached hydrogen (secondary N) is 1. The van der Waals surface area contributed by atoms with Crippen molar-refractivity contribution in [3.63, 3.8) is 0 Å². The molecular weight excluding hydrogens is 252 g/mol. The molecule has 1 saturated carbocycles. The molecule has 0 aromatic rings. The lowest BCUT2D eigenvalue weighted by atomic mass is 9.89. The molecule has 2 aliphatic rings. The lowest BCUT2D eigenvalue weighted by molar-refractivity contribution is -0.132. The van der Waals surface area contributed by atoms with Crippen LogP contribution in [0.5, 0.6) is 0 Å². The Labute approximate surface area is 116 Å². The predicted octanol–water partition coefficient (Wildman–Crippen LogP) is 1.17. The van der Waals surface area contributed by atoms with Crippen molar-refractivity contribution in [1.29, 1.82) is 0 Å². The molecule has 106 valence electrons. The number of halogens is 1. The van der Waals surface area contributed by atoms with Crippen molar-refractivity contribution in [3.05, 3.63) is 0 Å². The molecule has 2 unspecified atom stereocenters. The molecule has 1 saturated heterocycles. The van der Waals surface area contributed by atoms with Gasteiger partial charge in [-0.25, -0.2) is 0 Å². The predicted molar refractivity (Wildman–Crippen MR) is 73.9 cm³/mol. The molecule has 1 amide bonds. The summed E-state index contributed by atoms with van der Waals surface area (Å²) >= 11 is 0. The van der Waals surface area contributed by atoms with E-state index in [0.717, 1.165) is 6.54 Å². The number of carbonyl (C=O) groups is 1. The van der Waals surface area contributed by atoms with E-state index in [9.17, 15) is 9.90 Å². The van der Waals surface area contributed by atoms with Gasteiger partial charge in [0.05, 0.1) is 12.1 Å². The normalized spacial score (nSPS) is 28.8. The molecule has 0 bridgehead atoms. The van der Waals surface area contributed by atoms with Crippen molar-refractivity contribution in [3.8, 4) is 0 Å². The van der Waals surface area contributed by atoms with E-state index in [1.165, 1.54) is 32.1 Å². The van der Waals surface area contributed by atoms with Gasteiger partial charge in [0, 0.05) is 20.1 Å². The summed E-state index contributed by atoms with van der Waals surface area (Å²) in [5.41, 5.74) is 0. The summed E-state index contributed by atoms with van der Waals surface area (Å²) in [5.74, 6) is 0.830. The van der Waals surface area contributed by atoms with Gasteiger partial charge in [0.1, 0.15) is 0 Å². The Hall–Kier alpha value is -0.320. The lowest BCUT2D eigenvalue weighted by Crippen LogP contribution is -2.43. The number of hydrogen-bond donors (Lipinski definition) is 2. The molecule has 2 atom stereocenters. The Morgan fingerprint density at radius 2 is 2.00 bits per heavy atom. The summed E-state index contributed by atoms with van der Waals surface area (Å²) in [4.78, 5) is 14.0.